The minimum absolute atomic E-state index is 0.0731. The van der Waals surface area contributed by atoms with Crippen LogP contribution in [0.4, 0.5) is 4.39 Å². The largest absolute Gasteiger partial charge is 0.497 e. The summed E-state index contributed by atoms with van der Waals surface area (Å²) in [6.07, 6.45) is 4.72. The minimum Gasteiger partial charge on any atom is -0.497 e. The van der Waals surface area contributed by atoms with E-state index in [1.165, 1.54) is 0 Å². The Morgan fingerprint density at radius 3 is 2.74 bits per heavy atom. The molecule has 4 rings (SSSR count). The van der Waals surface area contributed by atoms with Crippen molar-refractivity contribution in [1.82, 2.24) is 14.9 Å². The lowest BCUT2D eigenvalue weighted by molar-refractivity contribution is 0.0251. The molecule has 0 amide bonds. The number of benzene rings is 1. The Hall–Kier alpha value is -2.26. The highest BCUT2D eigenvalue weighted by molar-refractivity contribution is 7.99. The summed E-state index contributed by atoms with van der Waals surface area (Å²) >= 11 is 1.75. The maximum atomic E-state index is 14.7. The molecule has 2 N–H and O–H groups in total. The SMILES string of the molecule is COc1ccc2ncc(F)c(C(O)CCC3(CO)CCN(CCSc4ccccn4)CC3)c2c1. The summed E-state index contributed by atoms with van der Waals surface area (Å²) < 4.78 is 20.0. The van der Waals surface area contributed by atoms with E-state index in [0.717, 1.165) is 49.5 Å². The van der Waals surface area contributed by atoms with Gasteiger partial charge in [-0.15, -0.1) is 11.8 Å². The monoisotopic (exact) mass is 485 g/mol. The molecule has 2 aromatic heterocycles. The number of fused-ring (bicyclic) bond motifs is 1. The number of hydrogen-bond donors (Lipinski definition) is 2. The summed E-state index contributed by atoms with van der Waals surface area (Å²) in [6.45, 7) is 2.86. The van der Waals surface area contributed by atoms with E-state index in [0.29, 0.717) is 29.5 Å². The predicted molar refractivity (Wildman–Crippen MR) is 133 cm³/mol. The molecule has 0 radical (unpaired) electrons. The first-order valence-corrected chi connectivity index (χ1v) is 12.7. The summed E-state index contributed by atoms with van der Waals surface area (Å²) in [4.78, 5) is 10.9. The normalized spacial score (nSPS) is 17.1. The lowest BCUT2D eigenvalue weighted by atomic mass is 9.74. The molecule has 1 fully saturated rings. The lowest BCUT2D eigenvalue weighted by Crippen LogP contribution is -2.43. The van der Waals surface area contributed by atoms with E-state index in [1.807, 2.05) is 24.4 Å². The first-order valence-electron chi connectivity index (χ1n) is 11.7. The van der Waals surface area contributed by atoms with Gasteiger partial charge in [0.15, 0.2) is 0 Å². The average Bonchev–Trinajstić information content (AvgIpc) is 2.88. The van der Waals surface area contributed by atoms with Crippen molar-refractivity contribution in [3.05, 3.63) is 60.2 Å². The quantitative estimate of drug-likeness (QED) is 0.411. The Morgan fingerprint density at radius 2 is 2.03 bits per heavy atom. The van der Waals surface area contributed by atoms with Crippen molar-refractivity contribution < 1.29 is 19.3 Å². The summed E-state index contributed by atoms with van der Waals surface area (Å²) in [7, 11) is 1.55. The van der Waals surface area contributed by atoms with Crippen LogP contribution in [0, 0.1) is 11.2 Å². The molecule has 8 heteroatoms. The molecule has 0 spiro atoms. The number of likely N-dealkylation sites (tertiary alicyclic amines) is 1. The summed E-state index contributed by atoms with van der Waals surface area (Å²) in [5, 5.41) is 22.8. The van der Waals surface area contributed by atoms with Crippen LogP contribution in [0.3, 0.4) is 0 Å². The van der Waals surface area contributed by atoms with Gasteiger partial charge in [-0.1, -0.05) is 6.07 Å². The Kier molecular flexibility index (Phi) is 8.37. The minimum atomic E-state index is -0.978. The van der Waals surface area contributed by atoms with Crippen molar-refractivity contribution in [2.24, 2.45) is 5.41 Å². The molecule has 182 valence electrons. The van der Waals surface area contributed by atoms with Gasteiger partial charge in [0.1, 0.15) is 11.6 Å². The number of pyridine rings is 2. The van der Waals surface area contributed by atoms with Crippen molar-refractivity contribution >= 4 is 22.7 Å². The van der Waals surface area contributed by atoms with E-state index in [-0.39, 0.29) is 17.6 Å². The molecule has 1 aromatic carbocycles. The second-order valence-electron chi connectivity index (χ2n) is 8.97. The van der Waals surface area contributed by atoms with Gasteiger partial charge in [0, 0.05) is 36.1 Å². The number of ether oxygens (including phenoxy) is 1. The smallest absolute Gasteiger partial charge is 0.147 e. The van der Waals surface area contributed by atoms with Gasteiger partial charge in [-0.05, 0) is 74.5 Å². The van der Waals surface area contributed by atoms with Crippen molar-refractivity contribution in [1.29, 1.82) is 0 Å². The Labute approximate surface area is 204 Å². The molecular formula is C26H32FN3O3S. The van der Waals surface area contributed by atoms with Crippen LogP contribution in [0.25, 0.3) is 10.9 Å². The fraction of sp³-hybridized carbons (Fsp3) is 0.462. The maximum Gasteiger partial charge on any atom is 0.147 e. The zero-order valence-corrected chi connectivity index (χ0v) is 20.3. The fourth-order valence-corrected chi connectivity index (χ4v) is 5.54. The van der Waals surface area contributed by atoms with Gasteiger partial charge in [-0.3, -0.25) is 4.98 Å². The first-order chi connectivity index (χ1) is 16.5. The van der Waals surface area contributed by atoms with Crippen LogP contribution in [0.5, 0.6) is 5.75 Å². The number of aliphatic hydroxyl groups is 2. The molecule has 1 saturated heterocycles. The number of aliphatic hydroxyl groups excluding tert-OH is 2. The zero-order chi connectivity index (χ0) is 24.0. The predicted octanol–water partition coefficient (Wildman–Crippen LogP) is 4.46. The number of nitrogens with zero attached hydrogens (tertiary/aromatic N) is 3. The third-order valence-corrected chi connectivity index (χ3v) is 7.82. The van der Waals surface area contributed by atoms with Gasteiger partial charge < -0.3 is 19.8 Å². The van der Waals surface area contributed by atoms with Gasteiger partial charge in [-0.2, -0.15) is 0 Å². The van der Waals surface area contributed by atoms with E-state index in [2.05, 4.69) is 14.9 Å². The lowest BCUT2D eigenvalue weighted by Gasteiger charge is -2.41. The van der Waals surface area contributed by atoms with Gasteiger partial charge >= 0.3 is 0 Å². The zero-order valence-electron chi connectivity index (χ0n) is 19.5. The highest BCUT2D eigenvalue weighted by Gasteiger charge is 2.34. The first kappa shape index (κ1) is 24.9. The van der Waals surface area contributed by atoms with Crippen molar-refractivity contribution in [2.75, 3.05) is 39.1 Å². The van der Waals surface area contributed by atoms with E-state index in [9.17, 15) is 14.6 Å². The number of piperidine rings is 1. The van der Waals surface area contributed by atoms with Gasteiger partial charge in [0.05, 0.1) is 30.0 Å². The highest BCUT2D eigenvalue weighted by Crippen LogP contribution is 2.39. The molecule has 6 nitrogen and oxygen atoms in total. The van der Waals surface area contributed by atoms with Crippen LogP contribution >= 0.6 is 11.8 Å². The maximum absolute atomic E-state index is 14.7. The van der Waals surface area contributed by atoms with Crippen LogP contribution in [-0.4, -0.2) is 64.2 Å². The van der Waals surface area contributed by atoms with E-state index < -0.39 is 11.9 Å². The number of thioether (sulfide) groups is 1. The van der Waals surface area contributed by atoms with Crippen LogP contribution in [0.1, 0.15) is 37.4 Å². The molecule has 1 unspecified atom stereocenters. The van der Waals surface area contributed by atoms with Crippen LogP contribution in [0.15, 0.2) is 53.8 Å². The third-order valence-electron chi connectivity index (χ3n) is 6.90. The summed E-state index contributed by atoms with van der Waals surface area (Å²) in [5.74, 6) is 1.04. The number of methoxy groups -OCH3 is 1. The molecule has 0 saturated carbocycles. The number of rotatable bonds is 10. The van der Waals surface area contributed by atoms with Crippen molar-refractivity contribution in [3.8, 4) is 5.75 Å². The molecule has 1 aliphatic heterocycles. The molecule has 1 aliphatic rings. The molecule has 0 aliphatic carbocycles. The fourth-order valence-electron chi connectivity index (χ4n) is 4.67. The van der Waals surface area contributed by atoms with Crippen LogP contribution in [-0.2, 0) is 0 Å². The summed E-state index contributed by atoms with van der Waals surface area (Å²) in [6, 6.07) is 11.2. The van der Waals surface area contributed by atoms with Crippen molar-refractivity contribution in [3.63, 3.8) is 0 Å². The van der Waals surface area contributed by atoms with Crippen LogP contribution in [0.2, 0.25) is 0 Å². The van der Waals surface area contributed by atoms with E-state index >= 15 is 0 Å². The Morgan fingerprint density at radius 1 is 1.21 bits per heavy atom. The topological polar surface area (TPSA) is 78.7 Å². The third kappa shape index (κ3) is 5.86. The molecule has 34 heavy (non-hydrogen) atoms. The van der Waals surface area contributed by atoms with E-state index in [1.54, 1.807) is 37.1 Å². The molecule has 3 aromatic rings. The highest BCUT2D eigenvalue weighted by atomic mass is 32.2. The van der Waals surface area contributed by atoms with Gasteiger partial charge in [0.2, 0.25) is 0 Å². The Bertz CT molecular complexity index is 1080. The van der Waals surface area contributed by atoms with Gasteiger partial charge in [-0.25, -0.2) is 9.37 Å². The van der Waals surface area contributed by atoms with E-state index in [4.69, 9.17) is 4.74 Å². The van der Waals surface area contributed by atoms with Crippen molar-refractivity contribution in [2.45, 2.75) is 36.8 Å². The number of halogens is 1. The van der Waals surface area contributed by atoms with Crippen LogP contribution < -0.4 is 4.74 Å². The molecule has 1 atom stereocenters. The standard InChI is InChI=1S/C26H32FN3O3S/c1-33-19-5-6-22-20(16-19)25(21(27)17-29-22)23(32)7-8-26(18-31)9-12-30(13-10-26)14-15-34-24-4-2-3-11-28-24/h2-6,11,16-17,23,31-32H,7-10,12-15,18H2,1H3. The average molecular weight is 486 g/mol. The summed E-state index contributed by atoms with van der Waals surface area (Å²) in [5.41, 5.74) is 0.619. The number of hydrogen-bond acceptors (Lipinski definition) is 7. The Balaban J connectivity index is 1.34. The second-order valence-corrected chi connectivity index (χ2v) is 10.1. The molecule has 3 heterocycles. The van der Waals surface area contributed by atoms with Gasteiger partial charge in [0.25, 0.3) is 0 Å². The number of aromatic nitrogens is 2. The molecular weight excluding hydrogens is 453 g/mol. The molecule has 0 bridgehead atoms. The second kappa shape index (κ2) is 11.4.